The van der Waals surface area contributed by atoms with E-state index in [0.717, 1.165) is 12.8 Å². The Bertz CT molecular complexity index is 1050. The number of benzene rings is 1. The van der Waals surface area contributed by atoms with Crippen LogP contribution in [0.1, 0.15) is 65.4 Å². The summed E-state index contributed by atoms with van der Waals surface area (Å²) in [6.07, 6.45) is 6.98. The molecule has 2 saturated carbocycles. The minimum Gasteiger partial charge on any atom is -0.504 e. The molecule has 1 saturated heterocycles. The number of hydrogen-bond donors (Lipinski definition) is 3. The number of ether oxygens (including phenoxy) is 1. The number of carbonyl (C=O) groups is 3. The molecule has 2 aliphatic carbocycles. The van der Waals surface area contributed by atoms with Crippen LogP contribution in [0.15, 0.2) is 24.3 Å². The third kappa shape index (κ3) is 4.50. The zero-order valence-electron chi connectivity index (χ0n) is 20.9. The second-order valence-corrected chi connectivity index (χ2v) is 11.0. The molecule has 190 valence electrons. The van der Waals surface area contributed by atoms with Gasteiger partial charge in [0, 0.05) is 18.0 Å². The molecule has 1 aromatic rings. The van der Waals surface area contributed by atoms with Gasteiger partial charge in [-0.1, -0.05) is 26.8 Å². The summed E-state index contributed by atoms with van der Waals surface area (Å²) >= 11 is 0. The second-order valence-electron chi connectivity index (χ2n) is 11.0. The summed E-state index contributed by atoms with van der Waals surface area (Å²) in [5.41, 5.74) is 0.617. The summed E-state index contributed by atoms with van der Waals surface area (Å²) in [5.74, 6) is -1.10. The van der Waals surface area contributed by atoms with E-state index in [2.05, 4.69) is 26.1 Å². The van der Waals surface area contributed by atoms with Crippen molar-refractivity contribution >= 4 is 23.9 Å². The van der Waals surface area contributed by atoms with Crippen LogP contribution < -0.4 is 5.32 Å². The normalized spacial score (nSPS) is 29.9. The van der Waals surface area contributed by atoms with E-state index < -0.39 is 18.0 Å². The highest BCUT2D eigenvalue weighted by atomic mass is 16.5. The van der Waals surface area contributed by atoms with Crippen molar-refractivity contribution in [2.75, 3.05) is 6.54 Å². The first-order valence-corrected chi connectivity index (χ1v) is 12.5. The Morgan fingerprint density at radius 1 is 1.17 bits per heavy atom. The minimum absolute atomic E-state index is 0.0390. The number of fused-ring (bicyclic) bond motifs is 2. The highest BCUT2D eigenvalue weighted by molar-refractivity contribution is 5.96. The van der Waals surface area contributed by atoms with Gasteiger partial charge in [-0.3, -0.25) is 9.59 Å². The van der Waals surface area contributed by atoms with E-state index in [0.29, 0.717) is 30.9 Å². The molecule has 0 radical (unpaired) electrons. The summed E-state index contributed by atoms with van der Waals surface area (Å²) in [4.78, 5) is 40.1. The van der Waals surface area contributed by atoms with Crippen molar-refractivity contribution in [3.8, 4) is 11.5 Å². The van der Waals surface area contributed by atoms with Crippen molar-refractivity contribution in [1.29, 1.82) is 0 Å². The van der Waals surface area contributed by atoms with Crippen LogP contribution >= 0.6 is 0 Å². The van der Waals surface area contributed by atoms with Crippen LogP contribution in [-0.2, 0) is 19.1 Å². The van der Waals surface area contributed by atoms with Gasteiger partial charge in [0.05, 0.1) is 0 Å². The third-order valence-corrected chi connectivity index (χ3v) is 8.94. The first-order valence-electron chi connectivity index (χ1n) is 12.5. The summed E-state index contributed by atoms with van der Waals surface area (Å²) in [7, 11) is 0. The first-order chi connectivity index (χ1) is 16.4. The van der Waals surface area contributed by atoms with Crippen molar-refractivity contribution in [2.24, 2.45) is 16.7 Å². The molecule has 0 spiro atoms. The molecule has 3 unspecified atom stereocenters. The predicted molar refractivity (Wildman–Crippen MR) is 130 cm³/mol. The zero-order valence-corrected chi connectivity index (χ0v) is 20.9. The van der Waals surface area contributed by atoms with Crippen molar-refractivity contribution in [1.82, 2.24) is 10.2 Å². The molecule has 2 amide bonds. The maximum Gasteiger partial charge on any atom is 0.329 e. The molecule has 3 N–H and O–H groups in total. The number of amides is 2. The van der Waals surface area contributed by atoms with Crippen molar-refractivity contribution in [2.45, 2.75) is 78.0 Å². The van der Waals surface area contributed by atoms with Crippen LogP contribution in [0.5, 0.6) is 11.5 Å². The van der Waals surface area contributed by atoms with Gasteiger partial charge in [-0.2, -0.15) is 0 Å². The van der Waals surface area contributed by atoms with E-state index in [9.17, 15) is 24.6 Å². The summed E-state index contributed by atoms with van der Waals surface area (Å²) in [6.45, 7) is 8.82. The Morgan fingerprint density at radius 2 is 1.91 bits per heavy atom. The topological polar surface area (TPSA) is 116 Å². The Labute approximate surface area is 206 Å². The van der Waals surface area contributed by atoms with Gasteiger partial charge in [-0.25, -0.2) is 4.79 Å². The standard InChI is InChI=1S/C27H36N2O6/c1-16(28-23(32)10-8-17-7-9-20(30)21(31)14-17)24(33)29-13-5-6-19(29)25(34)35-22-15-18-11-12-27(22,4)26(18,2)3/h7-10,14,16,18-19,22,30-31H,5-6,11-13,15H2,1-4H3,(H,28,32)/b10-8+/t16-,18?,19-,22?,27?/m0/s1. The lowest BCUT2D eigenvalue weighted by atomic mass is 9.70. The van der Waals surface area contributed by atoms with E-state index in [4.69, 9.17) is 4.74 Å². The summed E-state index contributed by atoms with van der Waals surface area (Å²) in [6, 6.07) is 2.76. The fraction of sp³-hybridized carbons (Fsp3) is 0.593. The molecule has 5 atom stereocenters. The molecule has 35 heavy (non-hydrogen) atoms. The van der Waals surface area contributed by atoms with E-state index in [1.54, 1.807) is 13.0 Å². The molecule has 0 aromatic heterocycles. The Hall–Kier alpha value is -3.03. The molecule has 8 heteroatoms. The number of rotatable bonds is 6. The SMILES string of the molecule is C[C@H](NC(=O)/C=C/c1ccc(O)c(O)c1)C(=O)N1CCC[C@H]1C(=O)OC1CC2CCC1(C)C2(C)C. The maximum absolute atomic E-state index is 13.1. The van der Waals surface area contributed by atoms with E-state index in [1.807, 2.05) is 0 Å². The van der Waals surface area contributed by atoms with Crippen LogP contribution in [0.25, 0.3) is 6.08 Å². The lowest BCUT2D eigenvalue weighted by molar-refractivity contribution is -0.165. The number of phenolic OH excluding ortho intramolecular Hbond substituents is 2. The first kappa shape index (κ1) is 25.1. The fourth-order valence-electron chi connectivity index (χ4n) is 6.19. The molecule has 1 heterocycles. The van der Waals surface area contributed by atoms with Gasteiger partial charge < -0.3 is 25.2 Å². The molecule has 4 rings (SSSR count). The Morgan fingerprint density at radius 3 is 2.54 bits per heavy atom. The van der Waals surface area contributed by atoms with Gasteiger partial charge in [0.2, 0.25) is 11.8 Å². The smallest absolute Gasteiger partial charge is 0.329 e. The minimum atomic E-state index is -0.812. The van der Waals surface area contributed by atoms with Crippen LogP contribution in [-0.4, -0.2) is 57.6 Å². The van der Waals surface area contributed by atoms with Crippen LogP contribution in [0, 0.1) is 16.7 Å². The lowest BCUT2D eigenvalue weighted by Gasteiger charge is -2.39. The summed E-state index contributed by atoms with van der Waals surface area (Å²) < 4.78 is 6.05. The molecular weight excluding hydrogens is 448 g/mol. The number of hydrogen-bond acceptors (Lipinski definition) is 6. The number of carbonyl (C=O) groups excluding carboxylic acids is 3. The van der Waals surface area contributed by atoms with Gasteiger partial charge in [0.15, 0.2) is 11.5 Å². The number of nitrogens with zero attached hydrogens (tertiary/aromatic N) is 1. The largest absolute Gasteiger partial charge is 0.504 e. The second kappa shape index (κ2) is 9.21. The molecule has 1 aliphatic heterocycles. The van der Waals surface area contributed by atoms with E-state index in [1.165, 1.54) is 35.6 Å². The fourth-order valence-corrected chi connectivity index (χ4v) is 6.19. The van der Waals surface area contributed by atoms with Crippen molar-refractivity contribution in [3.63, 3.8) is 0 Å². The summed E-state index contributed by atoms with van der Waals surface area (Å²) in [5, 5.41) is 21.6. The monoisotopic (exact) mass is 484 g/mol. The predicted octanol–water partition coefficient (Wildman–Crippen LogP) is 3.36. The van der Waals surface area contributed by atoms with Crippen LogP contribution in [0.3, 0.4) is 0 Å². The zero-order chi connectivity index (χ0) is 25.5. The average Bonchev–Trinajstić information content (AvgIpc) is 3.43. The highest BCUT2D eigenvalue weighted by Crippen LogP contribution is 2.66. The van der Waals surface area contributed by atoms with Gasteiger partial charge in [0.25, 0.3) is 0 Å². The molecule has 8 nitrogen and oxygen atoms in total. The molecule has 1 aromatic carbocycles. The molecule has 3 fully saturated rings. The number of phenols is 2. The number of likely N-dealkylation sites (tertiary alicyclic amines) is 1. The molecular formula is C27H36N2O6. The van der Waals surface area contributed by atoms with Gasteiger partial charge in [-0.15, -0.1) is 0 Å². The highest BCUT2D eigenvalue weighted by Gasteiger charge is 2.63. The van der Waals surface area contributed by atoms with Crippen molar-refractivity contribution < 1.29 is 29.3 Å². The average molecular weight is 485 g/mol. The number of esters is 1. The third-order valence-electron chi connectivity index (χ3n) is 8.94. The van der Waals surface area contributed by atoms with Gasteiger partial charge in [-0.05, 0) is 74.1 Å². The quantitative estimate of drug-likeness (QED) is 0.324. The van der Waals surface area contributed by atoms with Gasteiger partial charge in [0.1, 0.15) is 18.2 Å². The molecule has 3 aliphatic rings. The lowest BCUT2D eigenvalue weighted by Crippen LogP contribution is -2.51. The maximum atomic E-state index is 13.1. The van der Waals surface area contributed by atoms with Crippen molar-refractivity contribution in [3.05, 3.63) is 29.8 Å². The van der Waals surface area contributed by atoms with Crippen LogP contribution in [0.4, 0.5) is 0 Å². The number of aromatic hydroxyl groups is 2. The molecule has 2 bridgehead atoms. The van der Waals surface area contributed by atoms with Gasteiger partial charge >= 0.3 is 5.97 Å². The number of nitrogens with one attached hydrogen (secondary N) is 1. The van der Waals surface area contributed by atoms with E-state index >= 15 is 0 Å². The Kier molecular flexibility index (Phi) is 6.60. The van der Waals surface area contributed by atoms with Crippen LogP contribution in [0.2, 0.25) is 0 Å². The Balaban J connectivity index is 1.34. The van der Waals surface area contributed by atoms with E-state index in [-0.39, 0.29) is 40.3 Å².